The van der Waals surface area contributed by atoms with Crippen molar-refractivity contribution in [1.82, 2.24) is 20.1 Å². The second-order valence-corrected chi connectivity index (χ2v) is 9.47. The minimum Gasteiger partial charge on any atom is -0.497 e. The fourth-order valence-electron chi connectivity index (χ4n) is 3.26. The molecule has 0 aliphatic carbocycles. The Hall–Kier alpha value is -3.17. The van der Waals surface area contributed by atoms with Gasteiger partial charge in [-0.3, -0.25) is 9.36 Å². The van der Waals surface area contributed by atoms with E-state index in [0.717, 1.165) is 29.2 Å². The molecular weight excluding hydrogens is 468 g/mol. The van der Waals surface area contributed by atoms with Crippen molar-refractivity contribution < 1.29 is 13.9 Å². The lowest BCUT2D eigenvalue weighted by molar-refractivity contribution is -0.118. The summed E-state index contributed by atoms with van der Waals surface area (Å²) in [5, 5.41) is 12.4. The Morgan fingerprint density at radius 2 is 1.94 bits per heavy atom. The van der Waals surface area contributed by atoms with Crippen LogP contribution < -0.4 is 10.1 Å². The zero-order chi connectivity index (χ0) is 23.6. The number of methoxy groups -OCH3 is 1. The highest BCUT2D eigenvalue weighted by atomic mass is 32.2. The lowest BCUT2D eigenvalue weighted by Crippen LogP contribution is -2.26. The van der Waals surface area contributed by atoms with Gasteiger partial charge in [-0.25, -0.2) is 0 Å². The van der Waals surface area contributed by atoms with Gasteiger partial charge in [0.1, 0.15) is 11.5 Å². The topological polar surface area (TPSA) is 82.2 Å². The number of thioether (sulfide) groups is 2. The van der Waals surface area contributed by atoms with Gasteiger partial charge in [0.05, 0.1) is 25.7 Å². The maximum atomic E-state index is 12.4. The van der Waals surface area contributed by atoms with Crippen molar-refractivity contribution in [3.05, 3.63) is 78.8 Å². The molecule has 1 N–H and O–H groups in total. The van der Waals surface area contributed by atoms with Crippen LogP contribution in [-0.4, -0.2) is 45.8 Å². The van der Waals surface area contributed by atoms with E-state index < -0.39 is 0 Å². The van der Waals surface area contributed by atoms with Crippen LogP contribution in [-0.2, 0) is 11.3 Å². The minimum atomic E-state index is -0.0230. The SMILES string of the molecule is COc1cccc(-c2nnc(SCC(=O)NCCCSc3ccccc3)n2Cc2ccco2)c1. The highest BCUT2D eigenvalue weighted by Gasteiger charge is 2.17. The van der Waals surface area contributed by atoms with Gasteiger partial charge in [0.25, 0.3) is 0 Å². The highest BCUT2D eigenvalue weighted by molar-refractivity contribution is 7.99. The molecule has 4 aromatic rings. The summed E-state index contributed by atoms with van der Waals surface area (Å²) in [6, 6.07) is 21.7. The molecule has 2 aromatic carbocycles. The predicted octanol–water partition coefficient (Wildman–Crippen LogP) is 4.99. The van der Waals surface area contributed by atoms with E-state index in [1.165, 1.54) is 16.7 Å². The number of ether oxygens (including phenoxy) is 1. The average Bonchev–Trinajstić information content (AvgIpc) is 3.53. The summed E-state index contributed by atoms with van der Waals surface area (Å²) in [4.78, 5) is 13.6. The maximum absolute atomic E-state index is 12.4. The molecule has 9 heteroatoms. The lowest BCUT2D eigenvalue weighted by Gasteiger charge is -2.10. The Labute approximate surface area is 207 Å². The maximum Gasteiger partial charge on any atom is 0.230 e. The molecular formula is C25H26N4O3S2. The van der Waals surface area contributed by atoms with Gasteiger partial charge in [0.15, 0.2) is 11.0 Å². The third kappa shape index (κ3) is 6.68. The summed E-state index contributed by atoms with van der Waals surface area (Å²) in [6.07, 6.45) is 2.55. The van der Waals surface area contributed by atoms with E-state index in [2.05, 4.69) is 27.6 Å². The predicted molar refractivity (Wildman–Crippen MR) is 135 cm³/mol. The molecule has 2 heterocycles. The molecule has 4 rings (SSSR count). The molecule has 0 saturated heterocycles. The number of carbonyl (C=O) groups is 1. The van der Waals surface area contributed by atoms with Crippen molar-refractivity contribution in [1.29, 1.82) is 0 Å². The quantitative estimate of drug-likeness (QED) is 0.220. The smallest absolute Gasteiger partial charge is 0.230 e. The van der Waals surface area contributed by atoms with E-state index in [-0.39, 0.29) is 11.7 Å². The van der Waals surface area contributed by atoms with Crippen molar-refractivity contribution in [2.24, 2.45) is 0 Å². The second-order valence-electron chi connectivity index (χ2n) is 7.36. The molecule has 1 amide bonds. The van der Waals surface area contributed by atoms with Gasteiger partial charge in [0.2, 0.25) is 5.91 Å². The fourth-order valence-corrected chi connectivity index (χ4v) is 4.90. The molecule has 0 spiro atoms. The van der Waals surface area contributed by atoms with Crippen molar-refractivity contribution in [2.75, 3.05) is 25.2 Å². The van der Waals surface area contributed by atoms with Crippen LogP contribution >= 0.6 is 23.5 Å². The molecule has 176 valence electrons. The number of hydrogen-bond acceptors (Lipinski definition) is 7. The number of nitrogens with zero attached hydrogens (tertiary/aromatic N) is 3. The Morgan fingerprint density at radius 3 is 2.74 bits per heavy atom. The second kappa shape index (κ2) is 12.3. The standard InChI is InChI=1S/C25H26N4O3S2/c1-31-20-9-5-8-19(16-20)24-27-28-25(29(24)17-21-10-6-14-32-21)34-18-23(30)26-13-7-15-33-22-11-3-2-4-12-22/h2-6,8-12,14,16H,7,13,15,17-18H2,1H3,(H,26,30). The monoisotopic (exact) mass is 494 g/mol. The lowest BCUT2D eigenvalue weighted by atomic mass is 10.2. The molecule has 0 saturated carbocycles. The van der Waals surface area contributed by atoms with Gasteiger partial charge in [-0.1, -0.05) is 42.1 Å². The van der Waals surface area contributed by atoms with Crippen LogP contribution in [0.4, 0.5) is 0 Å². The van der Waals surface area contributed by atoms with E-state index in [1.807, 2.05) is 59.2 Å². The van der Waals surface area contributed by atoms with Gasteiger partial charge in [-0.05, 0) is 48.6 Å². The minimum absolute atomic E-state index is 0.0230. The highest BCUT2D eigenvalue weighted by Crippen LogP contribution is 2.27. The van der Waals surface area contributed by atoms with Crippen molar-refractivity contribution in [2.45, 2.75) is 23.0 Å². The first-order chi connectivity index (χ1) is 16.7. The zero-order valence-electron chi connectivity index (χ0n) is 18.8. The van der Waals surface area contributed by atoms with E-state index in [9.17, 15) is 4.79 Å². The van der Waals surface area contributed by atoms with Gasteiger partial charge < -0.3 is 14.5 Å². The number of hydrogen-bond donors (Lipinski definition) is 1. The number of furan rings is 1. The third-order valence-corrected chi connectivity index (χ3v) is 6.99. The normalized spacial score (nSPS) is 10.9. The molecule has 0 aliphatic rings. The first-order valence-corrected chi connectivity index (χ1v) is 12.9. The van der Waals surface area contributed by atoms with Crippen LogP contribution in [0.15, 0.2) is 87.5 Å². The average molecular weight is 495 g/mol. The van der Waals surface area contributed by atoms with Crippen LogP contribution in [0, 0.1) is 0 Å². The van der Waals surface area contributed by atoms with Crippen LogP contribution in [0.2, 0.25) is 0 Å². The van der Waals surface area contributed by atoms with Crippen molar-refractivity contribution in [3.8, 4) is 17.1 Å². The summed E-state index contributed by atoms with van der Waals surface area (Å²) in [5.41, 5.74) is 0.880. The number of amides is 1. The fraction of sp³-hybridized carbons (Fsp3) is 0.240. The Bertz CT molecular complexity index is 1180. The molecule has 0 atom stereocenters. The zero-order valence-corrected chi connectivity index (χ0v) is 20.5. The van der Waals surface area contributed by atoms with E-state index in [1.54, 1.807) is 25.1 Å². The summed E-state index contributed by atoms with van der Waals surface area (Å²) in [6.45, 7) is 1.11. The van der Waals surface area contributed by atoms with E-state index in [4.69, 9.17) is 9.15 Å². The Morgan fingerprint density at radius 1 is 1.06 bits per heavy atom. The van der Waals surface area contributed by atoms with Crippen molar-refractivity contribution in [3.63, 3.8) is 0 Å². The number of rotatable bonds is 12. The van der Waals surface area contributed by atoms with E-state index >= 15 is 0 Å². The van der Waals surface area contributed by atoms with Gasteiger partial charge in [-0.15, -0.1) is 22.0 Å². The molecule has 0 unspecified atom stereocenters. The Balaban J connectivity index is 1.34. The first kappa shape index (κ1) is 24.0. The summed E-state index contributed by atoms with van der Waals surface area (Å²) >= 11 is 3.16. The van der Waals surface area contributed by atoms with Crippen LogP contribution in [0.3, 0.4) is 0 Å². The van der Waals surface area contributed by atoms with Gasteiger partial charge in [0, 0.05) is 17.0 Å². The molecule has 2 aromatic heterocycles. The number of aromatic nitrogens is 3. The van der Waals surface area contributed by atoms with Crippen LogP contribution in [0.1, 0.15) is 12.2 Å². The number of carbonyl (C=O) groups excluding carboxylic acids is 1. The Kier molecular flexibility index (Phi) is 8.70. The molecule has 0 bridgehead atoms. The van der Waals surface area contributed by atoms with E-state index in [0.29, 0.717) is 24.1 Å². The van der Waals surface area contributed by atoms with Gasteiger partial charge >= 0.3 is 0 Å². The number of nitrogens with one attached hydrogen (secondary N) is 1. The summed E-state index contributed by atoms with van der Waals surface area (Å²) in [7, 11) is 1.63. The van der Waals surface area contributed by atoms with Crippen molar-refractivity contribution >= 4 is 29.4 Å². The summed E-state index contributed by atoms with van der Waals surface area (Å²) in [5.74, 6) is 3.41. The molecule has 34 heavy (non-hydrogen) atoms. The molecule has 0 aliphatic heterocycles. The van der Waals surface area contributed by atoms with Crippen LogP contribution in [0.25, 0.3) is 11.4 Å². The third-order valence-electron chi connectivity index (χ3n) is 4.93. The molecule has 7 nitrogen and oxygen atoms in total. The number of benzene rings is 2. The summed E-state index contributed by atoms with van der Waals surface area (Å²) < 4.78 is 12.9. The molecule has 0 fully saturated rings. The van der Waals surface area contributed by atoms with Crippen LogP contribution in [0.5, 0.6) is 5.75 Å². The van der Waals surface area contributed by atoms with Gasteiger partial charge in [-0.2, -0.15) is 0 Å². The first-order valence-electron chi connectivity index (χ1n) is 10.9. The molecule has 0 radical (unpaired) electrons. The largest absolute Gasteiger partial charge is 0.497 e.